The van der Waals surface area contributed by atoms with Crippen molar-refractivity contribution in [3.63, 3.8) is 0 Å². The van der Waals surface area contributed by atoms with E-state index in [2.05, 4.69) is 16.0 Å². The molecule has 0 saturated heterocycles. The van der Waals surface area contributed by atoms with Gasteiger partial charge >= 0.3 is 0 Å². The molecule has 0 atom stereocenters. The summed E-state index contributed by atoms with van der Waals surface area (Å²) in [5.41, 5.74) is 2.75. The Kier molecular flexibility index (Phi) is 6.68. The second-order valence-electron chi connectivity index (χ2n) is 5.61. The number of hydrogen-bond donors (Lipinski definition) is 3. The molecule has 0 spiro atoms. The molecule has 26 heavy (non-hydrogen) atoms. The molecule has 2 rings (SSSR count). The monoisotopic (exact) mass is 351 g/mol. The van der Waals surface area contributed by atoms with Crippen LogP contribution in [0.25, 0.3) is 6.08 Å². The van der Waals surface area contributed by atoms with Crippen molar-refractivity contribution >= 4 is 40.9 Å². The first-order chi connectivity index (χ1) is 12.5. The van der Waals surface area contributed by atoms with Gasteiger partial charge in [0.05, 0.1) is 0 Å². The maximum atomic E-state index is 12.0. The molecule has 0 aromatic heterocycles. The van der Waals surface area contributed by atoms with Gasteiger partial charge in [0, 0.05) is 36.5 Å². The van der Waals surface area contributed by atoms with Crippen molar-refractivity contribution in [3.8, 4) is 0 Å². The topological polar surface area (TPSA) is 87.3 Å². The molecule has 0 bridgehead atoms. The van der Waals surface area contributed by atoms with Gasteiger partial charge in [0.1, 0.15) is 0 Å². The Balaban J connectivity index is 1.95. The number of nitrogens with one attached hydrogen (secondary N) is 3. The summed E-state index contributed by atoms with van der Waals surface area (Å²) < 4.78 is 0. The molecule has 0 saturated carbocycles. The molecular weight excluding hydrogens is 330 g/mol. The predicted molar refractivity (Wildman–Crippen MR) is 104 cm³/mol. The van der Waals surface area contributed by atoms with Crippen molar-refractivity contribution in [2.45, 2.75) is 20.3 Å². The minimum absolute atomic E-state index is 0.0870. The van der Waals surface area contributed by atoms with E-state index in [1.165, 1.54) is 13.0 Å². The first-order valence-corrected chi connectivity index (χ1v) is 8.23. The first kappa shape index (κ1) is 18.9. The molecule has 134 valence electrons. The van der Waals surface area contributed by atoms with Crippen molar-refractivity contribution in [2.75, 3.05) is 16.0 Å². The van der Waals surface area contributed by atoms with Crippen molar-refractivity contribution in [2.24, 2.45) is 0 Å². The molecule has 0 heterocycles. The van der Waals surface area contributed by atoms with Crippen LogP contribution in [0.5, 0.6) is 0 Å². The summed E-state index contributed by atoms with van der Waals surface area (Å²) in [6.07, 6.45) is 3.49. The fourth-order valence-corrected chi connectivity index (χ4v) is 2.16. The van der Waals surface area contributed by atoms with Crippen LogP contribution >= 0.6 is 0 Å². The van der Waals surface area contributed by atoms with Gasteiger partial charge in [0.2, 0.25) is 17.7 Å². The van der Waals surface area contributed by atoms with Crippen LogP contribution in [-0.4, -0.2) is 17.7 Å². The predicted octanol–water partition coefficient (Wildman–Crippen LogP) is 3.65. The highest BCUT2D eigenvalue weighted by Crippen LogP contribution is 2.16. The lowest BCUT2D eigenvalue weighted by atomic mass is 10.2. The summed E-state index contributed by atoms with van der Waals surface area (Å²) in [5, 5.41) is 8.17. The maximum absolute atomic E-state index is 12.0. The molecule has 0 aliphatic rings. The number of hydrogen-bond acceptors (Lipinski definition) is 3. The van der Waals surface area contributed by atoms with E-state index in [1.54, 1.807) is 61.5 Å². The smallest absolute Gasteiger partial charge is 0.248 e. The summed E-state index contributed by atoms with van der Waals surface area (Å²) in [6, 6.07) is 14.1. The summed E-state index contributed by atoms with van der Waals surface area (Å²) in [5.74, 6) is -0.504. The van der Waals surface area contributed by atoms with Gasteiger partial charge in [0.15, 0.2) is 0 Å². The van der Waals surface area contributed by atoms with E-state index in [9.17, 15) is 14.4 Å². The van der Waals surface area contributed by atoms with Crippen LogP contribution in [0.1, 0.15) is 25.8 Å². The zero-order valence-electron chi connectivity index (χ0n) is 14.7. The van der Waals surface area contributed by atoms with Crippen LogP contribution in [0.3, 0.4) is 0 Å². The van der Waals surface area contributed by atoms with Crippen molar-refractivity contribution < 1.29 is 14.4 Å². The Morgan fingerprint density at radius 3 is 2.15 bits per heavy atom. The van der Waals surface area contributed by atoms with E-state index in [1.807, 2.05) is 0 Å². The second kappa shape index (κ2) is 9.17. The molecule has 6 heteroatoms. The lowest BCUT2D eigenvalue weighted by Crippen LogP contribution is -2.11. The third kappa shape index (κ3) is 6.24. The van der Waals surface area contributed by atoms with Gasteiger partial charge in [-0.1, -0.05) is 25.1 Å². The highest BCUT2D eigenvalue weighted by molar-refractivity contribution is 6.02. The van der Waals surface area contributed by atoms with Gasteiger partial charge in [0.25, 0.3) is 0 Å². The van der Waals surface area contributed by atoms with Gasteiger partial charge in [-0.15, -0.1) is 0 Å². The molecule has 2 aromatic rings. The molecule has 2 aromatic carbocycles. The average molecular weight is 351 g/mol. The molecule has 0 unspecified atom stereocenters. The zero-order valence-corrected chi connectivity index (χ0v) is 14.7. The molecule has 3 N–H and O–H groups in total. The average Bonchev–Trinajstić information content (AvgIpc) is 2.61. The Bertz CT molecular complexity index is 826. The van der Waals surface area contributed by atoms with E-state index in [4.69, 9.17) is 0 Å². The molecule has 6 nitrogen and oxygen atoms in total. The van der Waals surface area contributed by atoms with Gasteiger partial charge in [-0.2, -0.15) is 0 Å². The van der Waals surface area contributed by atoms with Crippen LogP contribution in [0.4, 0.5) is 17.1 Å². The third-order valence-corrected chi connectivity index (χ3v) is 3.39. The lowest BCUT2D eigenvalue weighted by Gasteiger charge is -2.07. The fraction of sp³-hybridized carbons (Fsp3) is 0.150. The van der Waals surface area contributed by atoms with E-state index in [0.717, 1.165) is 5.56 Å². The minimum Gasteiger partial charge on any atom is -0.326 e. The van der Waals surface area contributed by atoms with Crippen LogP contribution in [0.15, 0.2) is 54.6 Å². The van der Waals surface area contributed by atoms with Crippen LogP contribution in [0.2, 0.25) is 0 Å². The van der Waals surface area contributed by atoms with Crippen molar-refractivity contribution in [1.29, 1.82) is 0 Å². The summed E-state index contributed by atoms with van der Waals surface area (Å²) >= 11 is 0. The van der Waals surface area contributed by atoms with E-state index in [0.29, 0.717) is 23.5 Å². The highest BCUT2D eigenvalue weighted by Gasteiger charge is 2.02. The zero-order chi connectivity index (χ0) is 18.9. The quantitative estimate of drug-likeness (QED) is 0.694. The Labute approximate surface area is 152 Å². The van der Waals surface area contributed by atoms with E-state index >= 15 is 0 Å². The standard InChI is InChI=1S/C20H21N3O3/c1-3-19(25)22-17-5-4-6-18(13-17)23-20(26)12-9-15-7-10-16(11-8-15)21-14(2)24/h4-13H,3H2,1-2H3,(H,21,24)(H,22,25)(H,23,26)/b12-9+. The fourth-order valence-electron chi connectivity index (χ4n) is 2.16. The van der Waals surface area contributed by atoms with Gasteiger partial charge in [-0.05, 0) is 42.0 Å². The SMILES string of the molecule is CCC(=O)Nc1cccc(NC(=O)/C=C/c2ccc(NC(C)=O)cc2)c1. The number of amides is 3. The molecule has 0 aliphatic carbocycles. The number of carbonyl (C=O) groups is 3. The first-order valence-electron chi connectivity index (χ1n) is 8.23. The molecule has 3 amide bonds. The van der Waals surface area contributed by atoms with Crippen molar-refractivity contribution in [1.82, 2.24) is 0 Å². The Morgan fingerprint density at radius 2 is 1.54 bits per heavy atom. The number of anilines is 3. The normalized spacial score (nSPS) is 10.4. The van der Waals surface area contributed by atoms with E-state index in [-0.39, 0.29) is 17.7 Å². The third-order valence-electron chi connectivity index (χ3n) is 3.39. The van der Waals surface area contributed by atoms with Gasteiger partial charge in [-0.25, -0.2) is 0 Å². The summed E-state index contributed by atoms with van der Waals surface area (Å²) in [4.78, 5) is 34.5. The minimum atomic E-state index is -0.282. The number of carbonyl (C=O) groups excluding carboxylic acids is 3. The second-order valence-corrected chi connectivity index (χ2v) is 5.61. The molecule has 0 aliphatic heterocycles. The summed E-state index contributed by atoms with van der Waals surface area (Å²) in [7, 11) is 0. The molecular formula is C20H21N3O3. The highest BCUT2D eigenvalue weighted by atomic mass is 16.2. The number of benzene rings is 2. The molecule has 0 fully saturated rings. The lowest BCUT2D eigenvalue weighted by molar-refractivity contribution is -0.116. The summed E-state index contributed by atoms with van der Waals surface area (Å²) in [6.45, 7) is 3.22. The Morgan fingerprint density at radius 1 is 0.885 bits per heavy atom. The van der Waals surface area contributed by atoms with Crippen LogP contribution in [-0.2, 0) is 14.4 Å². The van der Waals surface area contributed by atoms with E-state index < -0.39 is 0 Å². The van der Waals surface area contributed by atoms with Gasteiger partial charge < -0.3 is 16.0 Å². The van der Waals surface area contributed by atoms with Crippen LogP contribution < -0.4 is 16.0 Å². The number of rotatable bonds is 6. The Hall–Kier alpha value is -3.41. The van der Waals surface area contributed by atoms with Crippen LogP contribution in [0, 0.1) is 0 Å². The van der Waals surface area contributed by atoms with Gasteiger partial charge in [-0.3, -0.25) is 14.4 Å². The largest absolute Gasteiger partial charge is 0.326 e. The maximum Gasteiger partial charge on any atom is 0.248 e. The molecule has 0 radical (unpaired) electrons. The van der Waals surface area contributed by atoms with Crippen molar-refractivity contribution in [3.05, 3.63) is 60.2 Å².